The van der Waals surface area contributed by atoms with E-state index in [1.807, 2.05) is 19.3 Å². The Hall–Kier alpha value is -1.59. The number of nitrogens with one attached hydrogen (secondary N) is 1. The third-order valence-corrected chi connectivity index (χ3v) is 2.10. The number of hydrogen-bond acceptors (Lipinski definition) is 4. The van der Waals surface area contributed by atoms with Gasteiger partial charge in [0.1, 0.15) is 0 Å². The van der Waals surface area contributed by atoms with E-state index in [0.717, 1.165) is 11.1 Å². The van der Waals surface area contributed by atoms with Gasteiger partial charge in [0.15, 0.2) is 0 Å². The standard InChI is InChI=1S/C9H12N4O/c1-13-5-8(4-11-13)9(12-10)7-2-3-14-6-7/h2-6,9,12H,10H2,1H3. The van der Waals surface area contributed by atoms with E-state index in [2.05, 4.69) is 10.5 Å². The second-order valence-corrected chi connectivity index (χ2v) is 3.10. The minimum Gasteiger partial charge on any atom is -0.472 e. The molecule has 0 saturated carbocycles. The smallest absolute Gasteiger partial charge is 0.0954 e. The molecule has 0 aliphatic heterocycles. The first-order valence-corrected chi connectivity index (χ1v) is 4.28. The summed E-state index contributed by atoms with van der Waals surface area (Å²) in [5.41, 5.74) is 4.72. The molecule has 0 radical (unpaired) electrons. The highest BCUT2D eigenvalue weighted by Gasteiger charge is 2.14. The second kappa shape index (κ2) is 3.65. The minimum atomic E-state index is -0.0672. The number of hydrazine groups is 1. The number of aromatic nitrogens is 2. The molecule has 0 saturated heterocycles. The molecule has 1 unspecified atom stereocenters. The van der Waals surface area contributed by atoms with Gasteiger partial charge in [0, 0.05) is 24.4 Å². The molecule has 74 valence electrons. The molecule has 3 N–H and O–H groups in total. The Morgan fingerprint density at radius 2 is 2.43 bits per heavy atom. The van der Waals surface area contributed by atoms with Crippen LogP contribution in [0.25, 0.3) is 0 Å². The van der Waals surface area contributed by atoms with Crippen LogP contribution in [0, 0.1) is 0 Å². The largest absolute Gasteiger partial charge is 0.472 e. The number of rotatable bonds is 3. The summed E-state index contributed by atoms with van der Waals surface area (Å²) >= 11 is 0. The molecule has 5 heteroatoms. The van der Waals surface area contributed by atoms with Crippen molar-refractivity contribution in [1.82, 2.24) is 15.2 Å². The molecule has 0 aromatic carbocycles. The van der Waals surface area contributed by atoms with E-state index >= 15 is 0 Å². The van der Waals surface area contributed by atoms with E-state index in [4.69, 9.17) is 10.3 Å². The maximum absolute atomic E-state index is 5.48. The van der Waals surface area contributed by atoms with Crippen LogP contribution in [0.3, 0.4) is 0 Å². The zero-order chi connectivity index (χ0) is 9.97. The Morgan fingerprint density at radius 3 is 2.93 bits per heavy atom. The lowest BCUT2D eigenvalue weighted by Gasteiger charge is -2.10. The first kappa shape index (κ1) is 8.98. The van der Waals surface area contributed by atoms with Crippen molar-refractivity contribution in [2.24, 2.45) is 12.9 Å². The third-order valence-electron chi connectivity index (χ3n) is 2.10. The summed E-state index contributed by atoms with van der Waals surface area (Å²) in [6.45, 7) is 0. The van der Waals surface area contributed by atoms with E-state index in [0.29, 0.717) is 0 Å². The van der Waals surface area contributed by atoms with Crippen molar-refractivity contribution < 1.29 is 4.42 Å². The lowest BCUT2D eigenvalue weighted by molar-refractivity contribution is 0.553. The molecule has 1 atom stereocenters. The second-order valence-electron chi connectivity index (χ2n) is 3.10. The van der Waals surface area contributed by atoms with Crippen molar-refractivity contribution >= 4 is 0 Å². The fourth-order valence-corrected chi connectivity index (χ4v) is 1.41. The molecule has 14 heavy (non-hydrogen) atoms. The van der Waals surface area contributed by atoms with E-state index in [1.54, 1.807) is 23.4 Å². The fourth-order valence-electron chi connectivity index (χ4n) is 1.41. The lowest BCUT2D eigenvalue weighted by Crippen LogP contribution is -2.28. The highest BCUT2D eigenvalue weighted by Crippen LogP contribution is 2.20. The van der Waals surface area contributed by atoms with Crippen LogP contribution in [0.1, 0.15) is 17.2 Å². The van der Waals surface area contributed by atoms with E-state index < -0.39 is 0 Å². The topological polar surface area (TPSA) is 69.0 Å². The Balaban J connectivity index is 2.31. The summed E-state index contributed by atoms with van der Waals surface area (Å²) in [5.74, 6) is 5.48. The molecule has 0 bridgehead atoms. The summed E-state index contributed by atoms with van der Waals surface area (Å²) < 4.78 is 6.74. The summed E-state index contributed by atoms with van der Waals surface area (Å²) in [4.78, 5) is 0. The van der Waals surface area contributed by atoms with Gasteiger partial charge < -0.3 is 4.42 Å². The van der Waals surface area contributed by atoms with Gasteiger partial charge in [0.2, 0.25) is 0 Å². The normalized spacial score (nSPS) is 13.0. The minimum absolute atomic E-state index is 0.0672. The molecule has 0 spiro atoms. The maximum Gasteiger partial charge on any atom is 0.0954 e. The average molecular weight is 192 g/mol. The van der Waals surface area contributed by atoms with Gasteiger partial charge in [-0.15, -0.1) is 0 Å². The van der Waals surface area contributed by atoms with Crippen molar-refractivity contribution in [2.75, 3.05) is 0 Å². The van der Waals surface area contributed by atoms with Crippen molar-refractivity contribution in [3.63, 3.8) is 0 Å². The Morgan fingerprint density at radius 1 is 1.57 bits per heavy atom. The summed E-state index contributed by atoms with van der Waals surface area (Å²) in [5, 5.41) is 4.09. The van der Waals surface area contributed by atoms with Crippen molar-refractivity contribution in [3.05, 3.63) is 42.1 Å². The predicted molar refractivity (Wildman–Crippen MR) is 51.1 cm³/mol. The zero-order valence-corrected chi connectivity index (χ0v) is 7.84. The van der Waals surface area contributed by atoms with Crippen LogP contribution in [-0.2, 0) is 7.05 Å². The third kappa shape index (κ3) is 1.55. The Kier molecular flexibility index (Phi) is 2.34. The van der Waals surface area contributed by atoms with E-state index in [1.165, 1.54) is 0 Å². The Labute approximate surface area is 81.5 Å². The SMILES string of the molecule is Cn1cc(C(NN)c2ccoc2)cn1. The molecule has 2 aromatic rings. The molecule has 0 aliphatic carbocycles. The van der Waals surface area contributed by atoms with Crippen molar-refractivity contribution in [1.29, 1.82) is 0 Å². The van der Waals surface area contributed by atoms with Crippen molar-refractivity contribution in [2.45, 2.75) is 6.04 Å². The van der Waals surface area contributed by atoms with E-state index in [9.17, 15) is 0 Å². The number of nitrogens with two attached hydrogens (primary N) is 1. The molecule has 2 heterocycles. The molecular formula is C9H12N4O. The summed E-state index contributed by atoms with van der Waals surface area (Å²) in [7, 11) is 1.87. The van der Waals surface area contributed by atoms with Crippen LogP contribution >= 0.6 is 0 Å². The van der Waals surface area contributed by atoms with Crippen molar-refractivity contribution in [3.8, 4) is 0 Å². The van der Waals surface area contributed by atoms with Crippen LogP contribution in [0.2, 0.25) is 0 Å². The van der Waals surface area contributed by atoms with Gasteiger partial charge in [0.25, 0.3) is 0 Å². The molecule has 5 nitrogen and oxygen atoms in total. The molecule has 0 fully saturated rings. The fraction of sp³-hybridized carbons (Fsp3) is 0.222. The first-order valence-electron chi connectivity index (χ1n) is 4.28. The van der Waals surface area contributed by atoms with Crippen LogP contribution in [0.5, 0.6) is 0 Å². The lowest BCUT2D eigenvalue weighted by atomic mass is 10.1. The number of aryl methyl sites for hydroxylation is 1. The van der Waals surface area contributed by atoms with Gasteiger partial charge in [-0.2, -0.15) is 5.10 Å². The van der Waals surface area contributed by atoms with Crippen LogP contribution < -0.4 is 11.3 Å². The number of hydrogen-bond donors (Lipinski definition) is 2. The van der Waals surface area contributed by atoms with Gasteiger partial charge in [-0.3, -0.25) is 10.5 Å². The molecule has 2 rings (SSSR count). The Bertz CT molecular complexity index is 393. The highest BCUT2D eigenvalue weighted by molar-refractivity contribution is 5.25. The molecular weight excluding hydrogens is 180 g/mol. The monoisotopic (exact) mass is 192 g/mol. The molecule has 0 amide bonds. The predicted octanol–water partition coefficient (Wildman–Crippen LogP) is 0.566. The molecule has 2 aromatic heterocycles. The van der Waals surface area contributed by atoms with E-state index in [-0.39, 0.29) is 6.04 Å². The first-order chi connectivity index (χ1) is 6.81. The van der Waals surface area contributed by atoms with Gasteiger partial charge in [-0.25, -0.2) is 5.43 Å². The van der Waals surface area contributed by atoms with Gasteiger partial charge >= 0.3 is 0 Å². The van der Waals surface area contributed by atoms with Gasteiger partial charge in [0.05, 0.1) is 24.8 Å². The summed E-state index contributed by atoms with van der Waals surface area (Å²) in [6.07, 6.45) is 6.97. The zero-order valence-electron chi connectivity index (χ0n) is 7.84. The average Bonchev–Trinajstić information content (AvgIpc) is 2.79. The van der Waals surface area contributed by atoms with Gasteiger partial charge in [-0.1, -0.05) is 0 Å². The van der Waals surface area contributed by atoms with Crippen LogP contribution in [0.4, 0.5) is 0 Å². The maximum atomic E-state index is 5.48. The van der Waals surface area contributed by atoms with Gasteiger partial charge in [-0.05, 0) is 6.07 Å². The number of nitrogens with zero attached hydrogens (tertiary/aromatic N) is 2. The highest BCUT2D eigenvalue weighted by atomic mass is 16.3. The summed E-state index contributed by atoms with van der Waals surface area (Å²) in [6, 6.07) is 1.81. The number of furan rings is 1. The van der Waals surface area contributed by atoms with Crippen LogP contribution in [-0.4, -0.2) is 9.78 Å². The van der Waals surface area contributed by atoms with Crippen LogP contribution in [0.15, 0.2) is 35.4 Å². The molecule has 0 aliphatic rings. The quantitative estimate of drug-likeness (QED) is 0.551.